The molecule has 0 aromatic carbocycles. The summed E-state index contributed by atoms with van der Waals surface area (Å²) in [5, 5.41) is 0. The molecule has 0 spiro atoms. The molecule has 0 bridgehead atoms. The molecule has 0 aromatic heterocycles. The van der Waals surface area contributed by atoms with Crippen LogP contribution in [0.3, 0.4) is 0 Å². The van der Waals surface area contributed by atoms with Crippen LogP contribution in [0.15, 0.2) is 0 Å². The third-order valence-corrected chi connectivity index (χ3v) is 4.66. The van der Waals surface area contributed by atoms with Gasteiger partial charge in [-0.15, -0.1) is 0 Å². The van der Waals surface area contributed by atoms with Crippen LogP contribution in [-0.2, 0) is 14.2 Å². The molecule has 0 saturated carbocycles. The maximum Gasteiger partial charge on any atom is 0.122 e. The molecule has 3 aliphatic heterocycles. The molecule has 0 radical (unpaired) electrons. The molecule has 19 heavy (non-hydrogen) atoms. The van der Waals surface area contributed by atoms with Crippen LogP contribution >= 0.6 is 0 Å². The molecule has 3 atom stereocenters. The van der Waals surface area contributed by atoms with Crippen molar-refractivity contribution in [3.8, 4) is 0 Å². The van der Waals surface area contributed by atoms with Crippen LogP contribution < -0.4 is 0 Å². The molecule has 3 saturated heterocycles. The van der Waals surface area contributed by atoms with Crippen molar-refractivity contribution in [3.05, 3.63) is 0 Å². The Kier molecular flexibility index (Phi) is 2.86. The van der Waals surface area contributed by atoms with Gasteiger partial charge in [0.05, 0.1) is 19.8 Å². The van der Waals surface area contributed by atoms with Gasteiger partial charge in [-0.05, 0) is 0 Å². The van der Waals surface area contributed by atoms with Gasteiger partial charge in [0.15, 0.2) is 0 Å². The van der Waals surface area contributed by atoms with E-state index in [2.05, 4.69) is 46.4 Å². The summed E-state index contributed by atoms with van der Waals surface area (Å²) in [6.07, 6.45) is 0.261. The predicted molar refractivity (Wildman–Crippen MR) is 72.4 cm³/mol. The first kappa shape index (κ1) is 13.8. The zero-order valence-corrected chi connectivity index (χ0v) is 13.0. The molecule has 0 N–H and O–H groups in total. The SMILES string of the molecule is CC1(C)CO[C@H]2N3[C@H]1OCC(C)(C)[C@H]3OCC2(C)C. The number of ether oxygens (including phenoxy) is 3. The lowest BCUT2D eigenvalue weighted by atomic mass is 9.78. The fourth-order valence-corrected chi connectivity index (χ4v) is 3.61. The van der Waals surface area contributed by atoms with Gasteiger partial charge < -0.3 is 14.2 Å². The minimum absolute atomic E-state index is 0.00201. The molecular weight excluding hydrogens is 242 g/mol. The molecule has 0 unspecified atom stereocenters. The van der Waals surface area contributed by atoms with Gasteiger partial charge >= 0.3 is 0 Å². The van der Waals surface area contributed by atoms with Crippen molar-refractivity contribution in [2.75, 3.05) is 19.8 Å². The number of hydrogen-bond acceptors (Lipinski definition) is 4. The van der Waals surface area contributed by atoms with Crippen LogP contribution in [-0.4, -0.2) is 43.4 Å². The van der Waals surface area contributed by atoms with Crippen LogP contribution in [0.25, 0.3) is 0 Å². The monoisotopic (exact) mass is 269 g/mol. The van der Waals surface area contributed by atoms with Crippen molar-refractivity contribution >= 4 is 0 Å². The zero-order chi connectivity index (χ0) is 14.1. The summed E-state index contributed by atoms with van der Waals surface area (Å²) in [6, 6.07) is 0. The van der Waals surface area contributed by atoms with Gasteiger partial charge in [-0.2, -0.15) is 0 Å². The maximum absolute atomic E-state index is 6.21. The Balaban J connectivity index is 2.00. The molecule has 3 heterocycles. The van der Waals surface area contributed by atoms with E-state index in [1.54, 1.807) is 0 Å². The van der Waals surface area contributed by atoms with Gasteiger partial charge in [0.25, 0.3) is 0 Å². The number of hydrogen-bond donors (Lipinski definition) is 0. The highest BCUT2D eigenvalue weighted by Gasteiger charge is 2.59. The second-order valence-electron chi connectivity index (χ2n) is 8.40. The van der Waals surface area contributed by atoms with Crippen LogP contribution in [0, 0.1) is 16.2 Å². The highest BCUT2D eigenvalue weighted by molar-refractivity contribution is 5.00. The molecule has 3 aliphatic rings. The minimum atomic E-state index is 0.00201. The molecule has 110 valence electrons. The summed E-state index contributed by atoms with van der Waals surface area (Å²) in [4.78, 5) is 2.34. The Morgan fingerprint density at radius 1 is 0.632 bits per heavy atom. The number of nitrogens with zero attached hydrogens (tertiary/aromatic N) is 1. The highest BCUT2D eigenvalue weighted by Crippen LogP contribution is 2.49. The molecule has 3 fully saturated rings. The van der Waals surface area contributed by atoms with Crippen molar-refractivity contribution in [3.63, 3.8) is 0 Å². The van der Waals surface area contributed by atoms with Crippen molar-refractivity contribution in [1.82, 2.24) is 4.90 Å². The summed E-state index contributed by atoms with van der Waals surface area (Å²) in [7, 11) is 0. The molecular formula is C15H27NO3. The first-order valence-electron chi connectivity index (χ1n) is 7.27. The highest BCUT2D eigenvalue weighted by atomic mass is 16.6. The van der Waals surface area contributed by atoms with Crippen LogP contribution in [0.4, 0.5) is 0 Å². The van der Waals surface area contributed by atoms with Crippen molar-refractivity contribution in [2.24, 2.45) is 16.2 Å². The summed E-state index contributed by atoms with van der Waals surface area (Å²) >= 11 is 0. The fourth-order valence-electron chi connectivity index (χ4n) is 3.61. The van der Waals surface area contributed by atoms with Gasteiger partial charge in [-0.3, -0.25) is 0 Å². The lowest BCUT2D eigenvalue weighted by Crippen LogP contribution is -2.74. The first-order valence-corrected chi connectivity index (χ1v) is 7.27. The lowest BCUT2D eigenvalue weighted by Gasteiger charge is -2.63. The van der Waals surface area contributed by atoms with Crippen LogP contribution in [0.5, 0.6) is 0 Å². The molecule has 3 rings (SSSR count). The largest absolute Gasteiger partial charge is 0.362 e. The normalized spacial score (nSPS) is 43.6. The topological polar surface area (TPSA) is 30.9 Å². The maximum atomic E-state index is 6.21. The van der Waals surface area contributed by atoms with E-state index >= 15 is 0 Å². The summed E-state index contributed by atoms with van der Waals surface area (Å²) in [6.45, 7) is 15.5. The minimum Gasteiger partial charge on any atom is -0.362 e. The van der Waals surface area contributed by atoms with E-state index in [0.717, 1.165) is 19.8 Å². The van der Waals surface area contributed by atoms with Crippen molar-refractivity contribution in [1.29, 1.82) is 0 Å². The van der Waals surface area contributed by atoms with Crippen LogP contribution in [0.2, 0.25) is 0 Å². The predicted octanol–water partition coefficient (Wildman–Crippen LogP) is 2.44. The Morgan fingerprint density at radius 2 is 0.895 bits per heavy atom. The van der Waals surface area contributed by atoms with Crippen LogP contribution in [0.1, 0.15) is 41.5 Å². The van der Waals surface area contributed by atoms with E-state index in [0.29, 0.717) is 0 Å². The standard InChI is InChI=1S/C15H27NO3/c1-13(2)7-17-11-15(5,6)9-19-12-14(3,4)8-18-10(13)16(11)12/h10-12H,7-9H2,1-6H3/t10-,11-,12+/m1/s1. The second-order valence-corrected chi connectivity index (χ2v) is 8.40. The van der Waals surface area contributed by atoms with E-state index in [4.69, 9.17) is 14.2 Å². The molecule has 4 nitrogen and oxygen atoms in total. The fraction of sp³-hybridized carbons (Fsp3) is 1.00. The smallest absolute Gasteiger partial charge is 0.122 e. The van der Waals surface area contributed by atoms with Gasteiger partial charge in [0.2, 0.25) is 0 Å². The van der Waals surface area contributed by atoms with E-state index < -0.39 is 0 Å². The summed E-state index contributed by atoms with van der Waals surface area (Å²) in [5.41, 5.74) is 0.00604. The molecule has 0 amide bonds. The molecule has 0 aromatic rings. The summed E-state index contributed by atoms with van der Waals surface area (Å²) < 4.78 is 18.6. The lowest BCUT2D eigenvalue weighted by molar-refractivity contribution is -0.397. The molecule has 0 aliphatic carbocycles. The Labute approximate surface area is 116 Å². The number of rotatable bonds is 0. The van der Waals surface area contributed by atoms with Gasteiger partial charge in [0, 0.05) is 16.2 Å². The van der Waals surface area contributed by atoms with E-state index in [1.807, 2.05) is 0 Å². The van der Waals surface area contributed by atoms with Gasteiger partial charge in [-0.25, -0.2) is 4.90 Å². The quantitative estimate of drug-likeness (QED) is 0.676. The third-order valence-electron chi connectivity index (χ3n) is 4.66. The van der Waals surface area contributed by atoms with Crippen molar-refractivity contribution < 1.29 is 14.2 Å². The first-order chi connectivity index (χ1) is 8.65. The summed E-state index contributed by atoms with van der Waals surface area (Å²) in [5.74, 6) is 0. The Bertz CT molecular complexity index is 321. The van der Waals surface area contributed by atoms with Gasteiger partial charge in [-0.1, -0.05) is 41.5 Å². The zero-order valence-electron chi connectivity index (χ0n) is 13.0. The Morgan fingerprint density at radius 3 is 1.16 bits per heavy atom. The third kappa shape index (κ3) is 1.96. The van der Waals surface area contributed by atoms with Crippen molar-refractivity contribution in [2.45, 2.75) is 60.2 Å². The molecule has 4 heteroatoms. The van der Waals surface area contributed by atoms with E-state index in [-0.39, 0.29) is 34.9 Å². The average Bonchev–Trinajstić information content (AvgIpc) is 2.25. The Hall–Kier alpha value is -0.160. The van der Waals surface area contributed by atoms with E-state index in [9.17, 15) is 0 Å². The van der Waals surface area contributed by atoms with Gasteiger partial charge in [0.1, 0.15) is 18.7 Å². The van der Waals surface area contributed by atoms with E-state index in [1.165, 1.54) is 0 Å². The second kappa shape index (κ2) is 3.94. The average molecular weight is 269 g/mol.